The minimum Gasteiger partial charge on any atom is -0.407 e. The molecule has 1 heterocycles. The second-order valence-electron chi connectivity index (χ2n) is 5.22. The van der Waals surface area contributed by atoms with Crippen molar-refractivity contribution in [3.05, 3.63) is 41.3 Å². The molecule has 0 bridgehead atoms. The molecule has 0 amide bonds. The van der Waals surface area contributed by atoms with Crippen molar-refractivity contribution >= 4 is 18.4 Å². The van der Waals surface area contributed by atoms with Crippen LogP contribution in [-0.4, -0.2) is 17.2 Å². The minimum atomic E-state index is 0. The molecule has 0 saturated heterocycles. The van der Waals surface area contributed by atoms with Crippen LogP contribution in [0.1, 0.15) is 49.7 Å². The van der Waals surface area contributed by atoms with Crippen molar-refractivity contribution < 1.29 is 4.42 Å². The van der Waals surface area contributed by atoms with Gasteiger partial charge in [-0.2, -0.15) is 0 Å². The Labute approximate surface area is 131 Å². The largest absolute Gasteiger partial charge is 0.407 e. The molecule has 5 nitrogen and oxygen atoms in total. The third kappa shape index (κ3) is 4.72. The van der Waals surface area contributed by atoms with Crippen LogP contribution in [0.2, 0.25) is 0 Å². The van der Waals surface area contributed by atoms with Crippen LogP contribution in [0.15, 0.2) is 28.7 Å². The van der Waals surface area contributed by atoms with Gasteiger partial charge in [0.15, 0.2) is 0 Å². The van der Waals surface area contributed by atoms with Gasteiger partial charge < -0.3 is 15.1 Å². The van der Waals surface area contributed by atoms with Crippen LogP contribution < -0.4 is 10.6 Å². The van der Waals surface area contributed by atoms with Gasteiger partial charge in [0.2, 0.25) is 5.89 Å². The van der Waals surface area contributed by atoms with Crippen LogP contribution >= 0.6 is 12.4 Å². The van der Waals surface area contributed by atoms with Crippen molar-refractivity contribution in [2.24, 2.45) is 0 Å². The first-order valence-corrected chi connectivity index (χ1v) is 6.93. The Morgan fingerprint density at radius 1 is 1.05 bits per heavy atom. The lowest BCUT2D eigenvalue weighted by Gasteiger charge is -2.13. The van der Waals surface area contributed by atoms with Gasteiger partial charge in [0.05, 0.1) is 12.6 Å². The monoisotopic (exact) mass is 310 g/mol. The highest BCUT2D eigenvalue weighted by molar-refractivity contribution is 5.85. The first-order valence-electron chi connectivity index (χ1n) is 6.93. The number of rotatable bonds is 6. The summed E-state index contributed by atoms with van der Waals surface area (Å²) in [6.45, 7) is 7.04. The molecule has 1 unspecified atom stereocenters. The van der Waals surface area contributed by atoms with Gasteiger partial charge in [0, 0.05) is 0 Å². The van der Waals surface area contributed by atoms with Crippen LogP contribution in [0.4, 0.5) is 6.01 Å². The molecule has 0 spiro atoms. The van der Waals surface area contributed by atoms with E-state index in [1.54, 1.807) is 0 Å². The number of nitrogens with one attached hydrogen (secondary N) is 2. The number of hydrogen-bond acceptors (Lipinski definition) is 5. The quantitative estimate of drug-likeness (QED) is 0.855. The Balaban J connectivity index is 0.00000220. The van der Waals surface area contributed by atoms with Gasteiger partial charge in [-0.25, -0.2) is 0 Å². The molecule has 6 heteroatoms. The summed E-state index contributed by atoms with van der Waals surface area (Å²) in [5.41, 5.74) is 2.54. The molecule has 21 heavy (non-hydrogen) atoms. The van der Waals surface area contributed by atoms with Crippen molar-refractivity contribution in [1.29, 1.82) is 0 Å². The summed E-state index contributed by atoms with van der Waals surface area (Å²) in [4.78, 5) is 0. The number of nitrogens with zero attached hydrogens (tertiary/aromatic N) is 2. The lowest BCUT2D eigenvalue weighted by Crippen LogP contribution is -2.07. The van der Waals surface area contributed by atoms with E-state index in [0.717, 1.165) is 0 Å². The van der Waals surface area contributed by atoms with Crippen molar-refractivity contribution in [3.63, 3.8) is 0 Å². The Morgan fingerprint density at radius 3 is 2.24 bits per heavy atom. The minimum absolute atomic E-state index is 0. The van der Waals surface area contributed by atoms with Gasteiger partial charge in [0.1, 0.15) is 0 Å². The molecule has 0 aliphatic rings. The SMILES string of the molecule is CNCc1nnc(NC(C)c2ccc(C(C)C)cc2)o1.Cl. The number of hydrogen-bond donors (Lipinski definition) is 2. The molecule has 0 saturated carbocycles. The van der Waals surface area contributed by atoms with Crippen LogP contribution in [0.5, 0.6) is 0 Å². The topological polar surface area (TPSA) is 63.0 Å². The molecule has 1 aromatic carbocycles. The van der Waals surface area contributed by atoms with E-state index in [1.807, 2.05) is 7.05 Å². The van der Waals surface area contributed by atoms with E-state index in [0.29, 0.717) is 24.4 Å². The van der Waals surface area contributed by atoms with Crippen molar-refractivity contribution in [1.82, 2.24) is 15.5 Å². The average molecular weight is 311 g/mol. The van der Waals surface area contributed by atoms with E-state index in [1.165, 1.54) is 11.1 Å². The molecule has 1 aromatic heterocycles. The van der Waals surface area contributed by atoms with E-state index in [2.05, 4.69) is 65.9 Å². The second-order valence-corrected chi connectivity index (χ2v) is 5.22. The molecule has 2 rings (SSSR count). The predicted octanol–water partition coefficient (Wildman–Crippen LogP) is 3.51. The maximum absolute atomic E-state index is 5.48. The first-order chi connectivity index (χ1) is 9.60. The van der Waals surface area contributed by atoms with Gasteiger partial charge in [-0.05, 0) is 31.0 Å². The highest BCUT2D eigenvalue weighted by Crippen LogP contribution is 2.21. The number of anilines is 1. The molecular formula is C15H23ClN4O. The molecular weight excluding hydrogens is 288 g/mol. The van der Waals surface area contributed by atoms with Crippen LogP contribution in [0.3, 0.4) is 0 Å². The molecule has 0 radical (unpaired) electrons. The normalized spacial score (nSPS) is 12.0. The van der Waals surface area contributed by atoms with Gasteiger partial charge in [-0.1, -0.05) is 43.2 Å². The van der Waals surface area contributed by atoms with Crippen molar-refractivity contribution in [3.8, 4) is 0 Å². The Kier molecular flexibility index (Phi) is 6.65. The van der Waals surface area contributed by atoms with E-state index in [9.17, 15) is 0 Å². The van der Waals surface area contributed by atoms with Gasteiger partial charge in [-0.15, -0.1) is 17.5 Å². The van der Waals surface area contributed by atoms with Gasteiger partial charge in [0.25, 0.3) is 0 Å². The van der Waals surface area contributed by atoms with Crippen LogP contribution in [0.25, 0.3) is 0 Å². The van der Waals surface area contributed by atoms with Crippen molar-refractivity contribution in [2.45, 2.75) is 39.3 Å². The van der Waals surface area contributed by atoms with E-state index < -0.39 is 0 Å². The zero-order valence-corrected chi connectivity index (χ0v) is 13.7. The highest BCUT2D eigenvalue weighted by atomic mass is 35.5. The fourth-order valence-corrected chi connectivity index (χ4v) is 1.97. The molecule has 1 atom stereocenters. The maximum Gasteiger partial charge on any atom is 0.315 e. The third-order valence-electron chi connectivity index (χ3n) is 3.24. The first kappa shape index (κ1) is 17.5. The van der Waals surface area contributed by atoms with E-state index >= 15 is 0 Å². The maximum atomic E-state index is 5.48. The van der Waals surface area contributed by atoms with Crippen LogP contribution in [0, 0.1) is 0 Å². The zero-order valence-electron chi connectivity index (χ0n) is 12.9. The highest BCUT2D eigenvalue weighted by Gasteiger charge is 2.10. The van der Waals surface area contributed by atoms with Gasteiger partial charge >= 0.3 is 6.01 Å². The predicted molar refractivity (Wildman–Crippen MR) is 86.9 cm³/mol. The van der Waals surface area contributed by atoms with Crippen LogP contribution in [-0.2, 0) is 6.54 Å². The number of halogens is 1. The summed E-state index contributed by atoms with van der Waals surface area (Å²) >= 11 is 0. The average Bonchev–Trinajstić information content (AvgIpc) is 2.86. The van der Waals surface area contributed by atoms with E-state index in [4.69, 9.17) is 4.42 Å². The van der Waals surface area contributed by atoms with E-state index in [-0.39, 0.29) is 18.4 Å². The Morgan fingerprint density at radius 2 is 1.67 bits per heavy atom. The number of aromatic nitrogens is 2. The Hall–Kier alpha value is -1.59. The molecule has 0 aliphatic heterocycles. The summed E-state index contributed by atoms with van der Waals surface area (Å²) < 4.78 is 5.48. The second kappa shape index (κ2) is 8.00. The van der Waals surface area contributed by atoms with Crippen molar-refractivity contribution in [2.75, 3.05) is 12.4 Å². The zero-order chi connectivity index (χ0) is 14.5. The molecule has 2 aromatic rings. The fraction of sp³-hybridized carbons (Fsp3) is 0.467. The molecule has 0 aliphatic carbocycles. The smallest absolute Gasteiger partial charge is 0.315 e. The summed E-state index contributed by atoms with van der Waals surface area (Å²) in [5, 5.41) is 14.1. The summed E-state index contributed by atoms with van der Waals surface area (Å²) in [6.07, 6.45) is 0. The molecule has 116 valence electrons. The summed E-state index contributed by atoms with van der Waals surface area (Å²) in [6, 6.07) is 9.18. The molecule has 0 fully saturated rings. The molecule has 2 N–H and O–H groups in total. The lowest BCUT2D eigenvalue weighted by molar-refractivity contribution is 0.486. The standard InChI is InChI=1S/C15H22N4O.ClH/c1-10(2)12-5-7-13(8-6-12)11(3)17-15-19-18-14(20-15)9-16-4;/h5-8,10-11,16H,9H2,1-4H3,(H,17,19);1H. The Bertz CT molecular complexity index is 539. The fourth-order valence-electron chi connectivity index (χ4n) is 1.97. The number of benzene rings is 1. The summed E-state index contributed by atoms with van der Waals surface area (Å²) in [5.74, 6) is 1.13. The van der Waals surface area contributed by atoms with Gasteiger partial charge in [-0.3, -0.25) is 0 Å². The lowest BCUT2D eigenvalue weighted by atomic mass is 10.00. The summed E-state index contributed by atoms with van der Waals surface area (Å²) in [7, 11) is 1.84. The third-order valence-corrected chi connectivity index (χ3v) is 3.24.